The molecule has 0 saturated heterocycles. The van der Waals surface area contributed by atoms with E-state index in [1.807, 2.05) is 18.2 Å². The summed E-state index contributed by atoms with van der Waals surface area (Å²) in [4.78, 5) is 16.0. The molecular weight excluding hydrogens is 268 g/mol. The molecular formula is C13H15ClN2OS. The maximum Gasteiger partial charge on any atom is 0.226 e. The zero-order valence-electron chi connectivity index (χ0n) is 10.2. The minimum atomic E-state index is 0.0300. The number of unbranched alkanes of at least 4 members (excludes halogenated alkanes) is 1. The van der Waals surface area contributed by atoms with Gasteiger partial charge in [-0.15, -0.1) is 0 Å². The third kappa shape index (κ3) is 3.43. The molecule has 0 aliphatic heterocycles. The van der Waals surface area contributed by atoms with Gasteiger partial charge in [0.1, 0.15) is 0 Å². The minimum absolute atomic E-state index is 0.0300. The van der Waals surface area contributed by atoms with Crippen molar-refractivity contribution in [2.75, 3.05) is 5.32 Å². The van der Waals surface area contributed by atoms with Crippen molar-refractivity contribution in [3.05, 3.63) is 21.0 Å². The lowest BCUT2D eigenvalue weighted by atomic mass is 10.2. The van der Waals surface area contributed by atoms with Crippen LogP contribution < -0.4 is 15.2 Å². The standard InChI is InChI=1S/C13H15ClN2OS/c1-2-3-7-12(17)16-13-15-10-6-4-5-9(14)8-11(10)18-13/h5-6,8H,2-4,7H2,1H3,(H,15,16,17). The molecule has 1 aromatic rings. The summed E-state index contributed by atoms with van der Waals surface area (Å²) in [6, 6.07) is 0. The van der Waals surface area contributed by atoms with Gasteiger partial charge in [-0.3, -0.25) is 4.79 Å². The smallest absolute Gasteiger partial charge is 0.226 e. The lowest BCUT2D eigenvalue weighted by Gasteiger charge is -1.98. The van der Waals surface area contributed by atoms with Crippen molar-refractivity contribution in [1.29, 1.82) is 0 Å². The molecule has 1 aliphatic rings. The summed E-state index contributed by atoms with van der Waals surface area (Å²) >= 11 is 7.47. The van der Waals surface area contributed by atoms with E-state index in [2.05, 4.69) is 17.2 Å². The van der Waals surface area contributed by atoms with Gasteiger partial charge in [0.25, 0.3) is 0 Å². The molecule has 1 heterocycles. The summed E-state index contributed by atoms with van der Waals surface area (Å²) in [6.45, 7) is 2.07. The van der Waals surface area contributed by atoms with Crippen LogP contribution in [0.2, 0.25) is 0 Å². The van der Waals surface area contributed by atoms with Crippen molar-refractivity contribution in [2.45, 2.75) is 32.6 Å². The number of fused-ring (bicyclic) bond motifs is 1. The number of carbonyl (C=O) groups excluding carboxylic acids is 1. The number of hydrogen-bond donors (Lipinski definition) is 1. The van der Waals surface area contributed by atoms with E-state index < -0.39 is 0 Å². The molecule has 2 rings (SSSR count). The molecule has 0 saturated carbocycles. The minimum Gasteiger partial charge on any atom is -0.302 e. The lowest BCUT2D eigenvalue weighted by molar-refractivity contribution is -0.116. The summed E-state index contributed by atoms with van der Waals surface area (Å²) in [5.41, 5.74) is 0. The second-order valence-electron chi connectivity index (χ2n) is 4.09. The number of thiazole rings is 1. The molecule has 0 bridgehead atoms. The van der Waals surface area contributed by atoms with E-state index in [1.165, 1.54) is 11.3 Å². The Morgan fingerprint density at radius 2 is 2.39 bits per heavy atom. The Morgan fingerprint density at radius 3 is 3.17 bits per heavy atom. The van der Waals surface area contributed by atoms with Gasteiger partial charge in [0, 0.05) is 11.5 Å². The summed E-state index contributed by atoms with van der Waals surface area (Å²) in [6.07, 6.45) is 9.09. The molecule has 96 valence electrons. The van der Waals surface area contributed by atoms with Gasteiger partial charge in [-0.05, 0) is 18.9 Å². The van der Waals surface area contributed by atoms with Gasteiger partial charge >= 0.3 is 0 Å². The fraction of sp³-hybridized carbons (Fsp3) is 0.385. The second-order valence-corrected chi connectivity index (χ2v) is 5.56. The van der Waals surface area contributed by atoms with Crippen LogP contribution in [-0.4, -0.2) is 10.9 Å². The number of nitrogens with one attached hydrogen (secondary N) is 1. The number of rotatable bonds is 4. The van der Waals surface area contributed by atoms with E-state index in [0.29, 0.717) is 11.6 Å². The number of allylic oxidation sites excluding steroid dienone is 2. The van der Waals surface area contributed by atoms with Gasteiger partial charge in [0.05, 0.1) is 9.88 Å². The molecule has 1 N–H and O–H groups in total. The van der Waals surface area contributed by atoms with E-state index in [9.17, 15) is 4.79 Å². The van der Waals surface area contributed by atoms with Crippen LogP contribution in [0.25, 0.3) is 12.2 Å². The van der Waals surface area contributed by atoms with Crippen LogP contribution in [0.15, 0.2) is 11.1 Å². The summed E-state index contributed by atoms with van der Waals surface area (Å²) in [5, 5.41) is 5.11. The quantitative estimate of drug-likeness (QED) is 0.921. The molecule has 0 aromatic carbocycles. The Kier molecular flexibility index (Phi) is 4.55. The van der Waals surface area contributed by atoms with E-state index in [0.717, 1.165) is 34.2 Å². The van der Waals surface area contributed by atoms with Crippen LogP contribution in [-0.2, 0) is 4.79 Å². The molecule has 0 unspecified atom stereocenters. The highest BCUT2D eigenvalue weighted by Crippen LogP contribution is 2.10. The molecule has 0 radical (unpaired) electrons. The Balaban J connectivity index is 2.16. The molecule has 1 amide bonds. The second kappa shape index (κ2) is 6.16. The maximum atomic E-state index is 11.6. The van der Waals surface area contributed by atoms with Crippen LogP contribution in [0.3, 0.4) is 0 Å². The summed E-state index contributed by atoms with van der Waals surface area (Å²) in [7, 11) is 0. The molecule has 1 aliphatic carbocycles. The van der Waals surface area contributed by atoms with Gasteiger partial charge in [-0.25, -0.2) is 4.98 Å². The highest BCUT2D eigenvalue weighted by Gasteiger charge is 2.06. The Labute approximate surface area is 115 Å². The van der Waals surface area contributed by atoms with Crippen molar-refractivity contribution in [1.82, 2.24) is 4.98 Å². The fourth-order valence-electron chi connectivity index (χ4n) is 1.63. The highest BCUT2D eigenvalue weighted by atomic mass is 35.5. The first-order valence-electron chi connectivity index (χ1n) is 6.03. The van der Waals surface area contributed by atoms with Crippen LogP contribution in [0, 0.1) is 0 Å². The first-order chi connectivity index (χ1) is 8.69. The number of carbonyl (C=O) groups is 1. The largest absolute Gasteiger partial charge is 0.302 e. The normalized spacial score (nSPS) is 13.8. The van der Waals surface area contributed by atoms with Gasteiger partial charge in [-0.1, -0.05) is 48.4 Å². The van der Waals surface area contributed by atoms with Gasteiger partial charge in [-0.2, -0.15) is 0 Å². The lowest BCUT2D eigenvalue weighted by Crippen LogP contribution is -2.20. The first kappa shape index (κ1) is 13.3. The van der Waals surface area contributed by atoms with E-state index in [1.54, 1.807) is 0 Å². The summed E-state index contributed by atoms with van der Waals surface area (Å²) in [5.74, 6) is 0.0300. The first-order valence-corrected chi connectivity index (χ1v) is 7.22. The number of amides is 1. The van der Waals surface area contributed by atoms with Crippen LogP contribution in [0.4, 0.5) is 5.13 Å². The van der Waals surface area contributed by atoms with Crippen molar-refractivity contribution < 1.29 is 4.79 Å². The van der Waals surface area contributed by atoms with Crippen molar-refractivity contribution >= 4 is 46.1 Å². The zero-order valence-corrected chi connectivity index (χ0v) is 11.8. The average molecular weight is 283 g/mol. The predicted molar refractivity (Wildman–Crippen MR) is 77.0 cm³/mol. The van der Waals surface area contributed by atoms with Crippen LogP contribution >= 0.6 is 22.9 Å². The number of nitrogens with zero attached hydrogens (tertiary/aromatic N) is 1. The van der Waals surface area contributed by atoms with Crippen LogP contribution in [0.5, 0.6) is 0 Å². The van der Waals surface area contributed by atoms with Crippen molar-refractivity contribution in [3.63, 3.8) is 0 Å². The van der Waals surface area contributed by atoms with Crippen molar-refractivity contribution in [3.8, 4) is 0 Å². The van der Waals surface area contributed by atoms with Crippen molar-refractivity contribution in [2.24, 2.45) is 0 Å². The molecule has 5 heteroatoms. The highest BCUT2D eigenvalue weighted by molar-refractivity contribution is 7.13. The Morgan fingerprint density at radius 1 is 1.56 bits per heavy atom. The third-order valence-corrected chi connectivity index (χ3v) is 3.77. The molecule has 18 heavy (non-hydrogen) atoms. The fourth-order valence-corrected chi connectivity index (χ4v) is 2.83. The molecule has 1 aromatic heterocycles. The number of aromatic nitrogens is 1. The SMILES string of the molecule is CCCCC(=O)Nc1nc2c(s1)=CC(Cl)=CCC=2. The topological polar surface area (TPSA) is 42.0 Å². The van der Waals surface area contributed by atoms with E-state index in [-0.39, 0.29) is 5.91 Å². The third-order valence-electron chi connectivity index (χ3n) is 2.58. The maximum absolute atomic E-state index is 11.6. The van der Waals surface area contributed by atoms with E-state index in [4.69, 9.17) is 11.6 Å². The summed E-state index contributed by atoms with van der Waals surface area (Å²) < 4.78 is 1.000. The molecule has 0 spiro atoms. The van der Waals surface area contributed by atoms with Gasteiger partial charge < -0.3 is 5.32 Å². The monoisotopic (exact) mass is 282 g/mol. The number of hydrogen-bond acceptors (Lipinski definition) is 3. The van der Waals surface area contributed by atoms with Gasteiger partial charge in [0.15, 0.2) is 5.13 Å². The molecule has 0 atom stereocenters. The Hall–Kier alpha value is -1.13. The molecule has 0 fully saturated rings. The van der Waals surface area contributed by atoms with E-state index >= 15 is 0 Å². The average Bonchev–Trinajstić information content (AvgIpc) is 2.60. The van der Waals surface area contributed by atoms with Gasteiger partial charge in [0.2, 0.25) is 5.91 Å². The number of halogens is 1. The Bertz CT molecular complexity index is 589. The van der Waals surface area contributed by atoms with Crippen LogP contribution in [0.1, 0.15) is 32.6 Å². The number of anilines is 1. The molecule has 3 nitrogen and oxygen atoms in total. The zero-order chi connectivity index (χ0) is 13.0. The predicted octanol–water partition coefficient (Wildman–Crippen LogP) is 2.36.